The minimum absolute atomic E-state index is 0.669. The molecule has 1 heterocycles. The molecule has 5 nitrogen and oxygen atoms in total. The van der Waals surface area contributed by atoms with Gasteiger partial charge in [0.1, 0.15) is 0 Å². The molecule has 6 heteroatoms. The Morgan fingerprint density at radius 2 is 1.95 bits per heavy atom. The summed E-state index contributed by atoms with van der Waals surface area (Å²) in [5.74, 6) is 0.669. The molecule has 0 radical (unpaired) electrons. The van der Waals surface area contributed by atoms with Gasteiger partial charge in [-0.1, -0.05) is 34.1 Å². The average molecular weight is 344 g/mol. The van der Waals surface area contributed by atoms with Crippen LogP contribution in [0.25, 0.3) is 17.1 Å². The molecule has 0 spiro atoms. The van der Waals surface area contributed by atoms with E-state index < -0.39 is 0 Å². The molecule has 0 unspecified atom stereocenters. The zero-order chi connectivity index (χ0) is 15.0. The first kappa shape index (κ1) is 13.8. The maximum absolute atomic E-state index is 5.98. The highest BCUT2D eigenvalue weighted by atomic mass is 79.9. The predicted molar refractivity (Wildman–Crippen MR) is 86.2 cm³/mol. The minimum atomic E-state index is 0.669. The molecule has 21 heavy (non-hydrogen) atoms. The number of anilines is 1. The third kappa shape index (κ3) is 2.42. The number of tetrazole rings is 1. The van der Waals surface area contributed by atoms with Gasteiger partial charge >= 0.3 is 0 Å². The second-order valence-corrected chi connectivity index (χ2v) is 5.72. The summed E-state index contributed by atoms with van der Waals surface area (Å²) < 4.78 is 2.74. The summed E-state index contributed by atoms with van der Waals surface area (Å²) in [5, 5.41) is 12.1. The van der Waals surface area contributed by atoms with Gasteiger partial charge in [-0.2, -0.15) is 4.68 Å². The van der Waals surface area contributed by atoms with Crippen molar-refractivity contribution in [2.45, 2.75) is 13.8 Å². The molecule has 3 aromatic rings. The molecule has 0 fully saturated rings. The van der Waals surface area contributed by atoms with Crippen molar-refractivity contribution in [2.24, 2.45) is 0 Å². The second kappa shape index (κ2) is 5.29. The maximum Gasteiger partial charge on any atom is 0.187 e. The molecule has 106 valence electrons. The van der Waals surface area contributed by atoms with E-state index in [4.69, 9.17) is 5.73 Å². The molecular weight excluding hydrogens is 330 g/mol. The van der Waals surface area contributed by atoms with Crippen LogP contribution < -0.4 is 5.73 Å². The van der Waals surface area contributed by atoms with E-state index >= 15 is 0 Å². The lowest BCUT2D eigenvalue weighted by molar-refractivity contribution is 0.787. The smallest absolute Gasteiger partial charge is 0.187 e. The van der Waals surface area contributed by atoms with Gasteiger partial charge in [-0.3, -0.25) is 0 Å². The number of aromatic nitrogens is 4. The van der Waals surface area contributed by atoms with Crippen LogP contribution in [0.3, 0.4) is 0 Å². The Kier molecular flexibility index (Phi) is 3.47. The van der Waals surface area contributed by atoms with Gasteiger partial charge in [0.2, 0.25) is 0 Å². The van der Waals surface area contributed by atoms with Gasteiger partial charge in [0, 0.05) is 15.7 Å². The fourth-order valence-electron chi connectivity index (χ4n) is 2.13. The van der Waals surface area contributed by atoms with E-state index in [1.807, 2.05) is 50.2 Å². The van der Waals surface area contributed by atoms with E-state index in [9.17, 15) is 0 Å². The monoisotopic (exact) mass is 343 g/mol. The Hall–Kier alpha value is -2.21. The summed E-state index contributed by atoms with van der Waals surface area (Å²) >= 11 is 3.53. The summed E-state index contributed by atoms with van der Waals surface area (Å²) in [7, 11) is 0. The molecule has 0 bridgehead atoms. The van der Waals surface area contributed by atoms with Gasteiger partial charge < -0.3 is 5.73 Å². The van der Waals surface area contributed by atoms with Crippen LogP contribution in [0.15, 0.2) is 40.9 Å². The van der Waals surface area contributed by atoms with Crippen LogP contribution in [0.5, 0.6) is 0 Å². The number of hydrogen-bond acceptors (Lipinski definition) is 4. The van der Waals surface area contributed by atoms with Gasteiger partial charge in [0.05, 0.1) is 5.69 Å². The van der Waals surface area contributed by atoms with Gasteiger partial charge in [0.25, 0.3) is 0 Å². The van der Waals surface area contributed by atoms with Crippen LogP contribution in [0, 0.1) is 13.8 Å². The quantitative estimate of drug-likeness (QED) is 0.725. The molecular formula is C15H14BrN5. The molecule has 0 amide bonds. The topological polar surface area (TPSA) is 69.6 Å². The van der Waals surface area contributed by atoms with Crippen molar-refractivity contribution >= 4 is 21.6 Å². The van der Waals surface area contributed by atoms with Crippen molar-refractivity contribution in [2.75, 3.05) is 5.73 Å². The highest BCUT2D eigenvalue weighted by Gasteiger charge is 2.14. The Morgan fingerprint density at radius 1 is 1.14 bits per heavy atom. The number of nitrogen functional groups attached to an aromatic ring is 1. The Bertz CT molecular complexity index is 810. The number of benzene rings is 2. The molecule has 2 N–H and O–H groups in total. The first-order chi connectivity index (χ1) is 10.1. The molecule has 0 aliphatic rings. The van der Waals surface area contributed by atoms with Gasteiger partial charge in [-0.25, -0.2) is 0 Å². The molecule has 2 aromatic carbocycles. The van der Waals surface area contributed by atoms with Crippen LogP contribution in [0.2, 0.25) is 0 Å². The van der Waals surface area contributed by atoms with Gasteiger partial charge in [-0.15, -0.1) is 5.10 Å². The fraction of sp³-hybridized carbons (Fsp3) is 0.133. The average Bonchev–Trinajstić information content (AvgIpc) is 2.94. The Labute approximate surface area is 130 Å². The lowest BCUT2D eigenvalue weighted by Crippen LogP contribution is -2.03. The van der Waals surface area contributed by atoms with Crippen molar-refractivity contribution in [1.29, 1.82) is 0 Å². The summed E-state index contributed by atoms with van der Waals surface area (Å²) in [5.41, 5.74) is 10.7. The largest absolute Gasteiger partial charge is 0.398 e. The molecule has 0 atom stereocenters. The van der Waals surface area contributed by atoms with Crippen LogP contribution in [0.4, 0.5) is 5.69 Å². The number of halogens is 1. The van der Waals surface area contributed by atoms with E-state index in [-0.39, 0.29) is 0 Å². The summed E-state index contributed by atoms with van der Waals surface area (Å²) in [6, 6.07) is 11.8. The Balaban J connectivity index is 2.17. The van der Waals surface area contributed by atoms with Crippen LogP contribution in [-0.2, 0) is 0 Å². The predicted octanol–water partition coefficient (Wildman–Crippen LogP) is 3.29. The number of aryl methyl sites for hydroxylation is 1. The highest BCUT2D eigenvalue weighted by molar-refractivity contribution is 9.10. The third-order valence-corrected chi connectivity index (χ3v) is 4.33. The fourth-order valence-corrected chi connectivity index (χ4v) is 2.49. The molecule has 1 aromatic heterocycles. The molecule has 3 rings (SSSR count). The zero-order valence-electron chi connectivity index (χ0n) is 11.7. The highest BCUT2D eigenvalue weighted by Crippen LogP contribution is 2.27. The number of rotatable bonds is 2. The van der Waals surface area contributed by atoms with E-state index in [2.05, 4.69) is 31.5 Å². The van der Waals surface area contributed by atoms with E-state index in [1.54, 1.807) is 4.68 Å². The molecule has 0 aliphatic heterocycles. The van der Waals surface area contributed by atoms with Crippen molar-refractivity contribution in [3.8, 4) is 17.1 Å². The lowest BCUT2D eigenvalue weighted by atomic mass is 10.1. The Morgan fingerprint density at radius 3 is 2.71 bits per heavy atom. The lowest BCUT2D eigenvalue weighted by Gasteiger charge is -2.10. The maximum atomic E-state index is 5.98. The normalized spacial score (nSPS) is 10.8. The van der Waals surface area contributed by atoms with E-state index in [0.717, 1.165) is 32.5 Å². The standard InChI is InChI=1S/C15H14BrN5/c1-9-6-7-11(8-13(9)17)15-18-19-20-21(15)14-5-3-4-12(16)10(14)2/h3-8H,17H2,1-2H3. The summed E-state index contributed by atoms with van der Waals surface area (Å²) in [6.45, 7) is 3.99. The molecule has 0 aliphatic carbocycles. The first-order valence-corrected chi connectivity index (χ1v) is 7.27. The molecule has 0 saturated carbocycles. The van der Waals surface area contributed by atoms with Crippen molar-refractivity contribution in [3.05, 3.63) is 52.0 Å². The molecule has 0 saturated heterocycles. The van der Waals surface area contributed by atoms with Crippen LogP contribution in [-0.4, -0.2) is 20.2 Å². The summed E-state index contributed by atoms with van der Waals surface area (Å²) in [4.78, 5) is 0. The minimum Gasteiger partial charge on any atom is -0.398 e. The van der Waals surface area contributed by atoms with Crippen LogP contribution in [0.1, 0.15) is 11.1 Å². The van der Waals surface area contributed by atoms with Crippen molar-refractivity contribution in [3.63, 3.8) is 0 Å². The SMILES string of the molecule is Cc1ccc(-c2nnnn2-c2cccc(Br)c2C)cc1N. The number of nitrogens with two attached hydrogens (primary N) is 1. The zero-order valence-corrected chi connectivity index (χ0v) is 13.3. The van der Waals surface area contributed by atoms with E-state index in [1.165, 1.54) is 0 Å². The first-order valence-electron chi connectivity index (χ1n) is 6.48. The third-order valence-electron chi connectivity index (χ3n) is 3.47. The van der Waals surface area contributed by atoms with Crippen molar-refractivity contribution < 1.29 is 0 Å². The van der Waals surface area contributed by atoms with Crippen LogP contribution >= 0.6 is 15.9 Å². The number of hydrogen-bond donors (Lipinski definition) is 1. The van der Waals surface area contributed by atoms with E-state index in [0.29, 0.717) is 5.82 Å². The number of nitrogens with zero attached hydrogens (tertiary/aromatic N) is 4. The summed E-state index contributed by atoms with van der Waals surface area (Å²) in [6.07, 6.45) is 0. The second-order valence-electron chi connectivity index (χ2n) is 4.87. The van der Waals surface area contributed by atoms with Gasteiger partial charge in [0.15, 0.2) is 5.82 Å². The van der Waals surface area contributed by atoms with Gasteiger partial charge in [-0.05, 0) is 53.6 Å². The van der Waals surface area contributed by atoms with Crippen molar-refractivity contribution in [1.82, 2.24) is 20.2 Å².